The highest BCUT2D eigenvalue weighted by atomic mass is 32.2. The Morgan fingerprint density at radius 1 is 1.21 bits per heavy atom. The fourth-order valence-corrected chi connectivity index (χ4v) is 3.17. The van der Waals surface area contributed by atoms with Gasteiger partial charge in [-0.15, -0.1) is 11.8 Å². The predicted octanol–water partition coefficient (Wildman–Crippen LogP) is 3.96. The highest BCUT2D eigenvalue weighted by Gasteiger charge is 2.17. The zero-order valence-corrected chi connectivity index (χ0v) is 12.8. The van der Waals surface area contributed by atoms with Gasteiger partial charge in [0.1, 0.15) is 12.4 Å². The molecule has 0 spiro atoms. The van der Waals surface area contributed by atoms with Gasteiger partial charge >= 0.3 is 0 Å². The van der Waals surface area contributed by atoms with Crippen molar-refractivity contribution in [1.29, 1.82) is 0 Å². The van der Waals surface area contributed by atoms with E-state index >= 15 is 0 Å². The molecule has 0 atom stereocenters. The van der Waals surface area contributed by atoms with Gasteiger partial charge in [-0.1, -0.05) is 19.1 Å². The van der Waals surface area contributed by atoms with Crippen LogP contribution in [0.25, 0.3) is 0 Å². The summed E-state index contributed by atoms with van der Waals surface area (Å²) in [4.78, 5) is 1.22. The molecule has 1 aromatic carbocycles. The van der Waals surface area contributed by atoms with Crippen LogP contribution in [-0.4, -0.2) is 25.4 Å². The Morgan fingerprint density at radius 3 is 2.68 bits per heavy atom. The van der Waals surface area contributed by atoms with Crippen LogP contribution < -0.4 is 10.1 Å². The van der Waals surface area contributed by atoms with Crippen LogP contribution in [0.15, 0.2) is 29.2 Å². The second kappa shape index (κ2) is 7.81. The molecule has 106 valence electrons. The molecule has 2 rings (SSSR count). The van der Waals surface area contributed by atoms with Crippen molar-refractivity contribution in [2.45, 2.75) is 43.5 Å². The molecular weight excluding hydrogens is 254 g/mol. The van der Waals surface area contributed by atoms with E-state index in [4.69, 9.17) is 4.74 Å². The van der Waals surface area contributed by atoms with Crippen molar-refractivity contribution in [3.05, 3.63) is 24.3 Å². The molecule has 3 heteroatoms. The molecule has 0 aromatic heterocycles. The number of para-hydroxylation sites is 1. The quantitative estimate of drug-likeness (QED) is 0.629. The summed E-state index contributed by atoms with van der Waals surface area (Å²) in [7, 11) is 0. The summed E-state index contributed by atoms with van der Waals surface area (Å²) in [5.41, 5.74) is 0. The van der Waals surface area contributed by atoms with Crippen molar-refractivity contribution in [3.8, 4) is 5.75 Å². The van der Waals surface area contributed by atoms with Crippen LogP contribution in [0.2, 0.25) is 0 Å². The van der Waals surface area contributed by atoms with E-state index in [1.165, 1.54) is 30.6 Å². The maximum Gasteiger partial charge on any atom is 0.132 e. The molecule has 1 fully saturated rings. The summed E-state index contributed by atoms with van der Waals surface area (Å²) < 4.78 is 5.86. The van der Waals surface area contributed by atoms with Crippen molar-refractivity contribution in [3.63, 3.8) is 0 Å². The van der Waals surface area contributed by atoms with E-state index < -0.39 is 0 Å². The first kappa shape index (κ1) is 14.7. The average molecular weight is 279 g/mol. The number of hydrogen-bond donors (Lipinski definition) is 1. The van der Waals surface area contributed by atoms with Gasteiger partial charge in [-0.3, -0.25) is 0 Å². The highest BCUT2D eigenvalue weighted by molar-refractivity contribution is 7.98. The van der Waals surface area contributed by atoms with E-state index in [0.717, 1.165) is 24.8 Å². The summed E-state index contributed by atoms with van der Waals surface area (Å²) >= 11 is 1.74. The number of hydrogen-bond acceptors (Lipinski definition) is 3. The third-order valence-electron chi connectivity index (χ3n) is 3.88. The molecule has 0 heterocycles. The largest absolute Gasteiger partial charge is 0.491 e. The summed E-state index contributed by atoms with van der Waals surface area (Å²) in [6, 6.07) is 8.95. The lowest BCUT2D eigenvalue weighted by molar-refractivity contribution is 0.267. The summed E-state index contributed by atoms with van der Waals surface area (Å²) in [5.74, 6) is 1.93. The van der Waals surface area contributed by atoms with E-state index in [1.54, 1.807) is 11.8 Å². The van der Waals surface area contributed by atoms with Crippen LogP contribution >= 0.6 is 11.8 Å². The minimum Gasteiger partial charge on any atom is -0.491 e. The van der Waals surface area contributed by atoms with Crippen LogP contribution in [0.3, 0.4) is 0 Å². The summed E-state index contributed by atoms with van der Waals surface area (Å²) in [5, 5.41) is 3.62. The molecule has 0 unspecified atom stereocenters. The molecule has 2 nitrogen and oxygen atoms in total. The van der Waals surface area contributed by atoms with Crippen molar-refractivity contribution < 1.29 is 4.74 Å². The predicted molar refractivity (Wildman–Crippen MR) is 83.1 cm³/mol. The lowest BCUT2D eigenvalue weighted by Crippen LogP contribution is -2.35. The fourth-order valence-electron chi connectivity index (χ4n) is 2.63. The Kier molecular flexibility index (Phi) is 6.05. The van der Waals surface area contributed by atoms with E-state index in [-0.39, 0.29) is 0 Å². The summed E-state index contributed by atoms with van der Waals surface area (Å²) in [6.45, 7) is 4.06. The molecule has 1 saturated carbocycles. The standard InChI is InChI=1S/C16H25NOS/c1-13-7-9-14(10-8-13)17-11-12-18-15-5-3-4-6-16(15)19-2/h3-6,13-14,17H,7-12H2,1-2H3. The monoisotopic (exact) mass is 279 g/mol. The first-order valence-electron chi connectivity index (χ1n) is 7.29. The molecule has 0 amide bonds. The highest BCUT2D eigenvalue weighted by Crippen LogP contribution is 2.26. The van der Waals surface area contributed by atoms with Crippen LogP contribution in [0.4, 0.5) is 0 Å². The lowest BCUT2D eigenvalue weighted by Gasteiger charge is -2.27. The van der Waals surface area contributed by atoms with Crippen LogP contribution in [0.1, 0.15) is 32.6 Å². The van der Waals surface area contributed by atoms with Crippen molar-refractivity contribution in [2.24, 2.45) is 5.92 Å². The second-order valence-corrected chi connectivity index (χ2v) is 6.26. The third kappa shape index (κ3) is 4.73. The van der Waals surface area contributed by atoms with E-state index in [9.17, 15) is 0 Å². The Labute approximate surface area is 121 Å². The van der Waals surface area contributed by atoms with Gasteiger partial charge < -0.3 is 10.1 Å². The summed E-state index contributed by atoms with van der Waals surface area (Å²) in [6.07, 6.45) is 7.47. The Balaban J connectivity index is 1.66. The van der Waals surface area contributed by atoms with Gasteiger partial charge in [0.15, 0.2) is 0 Å². The molecule has 0 aliphatic heterocycles. The molecule has 1 aliphatic rings. The Bertz CT molecular complexity index is 375. The van der Waals surface area contributed by atoms with Gasteiger partial charge in [-0.05, 0) is 50.0 Å². The number of benzene rings is 1. The third-order valence-corrected chi connectivity index (χ3v) is 4.65. The van der Waals surface area contributed by atoms with Crippen LogP contribution in [-0.2, 0) is 0 Å². The van der Waals surface area contributed by atoms with Gasteiger partial charge in [-0.2, -0.15) is 0 Å². The molecule has 19 heavy (non-hydrogen) atoms. The topological polar surface area (TPSA) is 21.3 Å². The van der Waals surface area contributed by atoms with E-state index in [2.05, 4.69) is 30.6 Å². The molecule has 1 aromatic rings. The zero-order chi connectivity index (χ0) is 13.5. The first-order chi connectivity index (χ1) is 9.29. The lowest BCUT2D eigenvalue weighted by atomic mass is 9.87. The van der Waals surface area contributed by atoms with Crippen LogP contribution in [0.5, 0.6) is 5.75 Å². The molecule has 1 N–H and O–H groups in total. The number of rotatable bonds is 6. The number of thioether (sulfide) groups is 1. The Morgan fingerprint density at radius 2 is 1.95 bits per heavy atom. The molecule has 0 saturated heterocycles. The zero-order valence-electron chi connectivity index (χ0n) is 12.0. The number of nitrogens with one attached hydrogen (secondary N) is 1. The smallest absolute Gasteiger partial charge is 0.132 e. The van der Waals surface area contributed by atoms with Crippen LogP contribution in [0, 0.1) is 5.92 Å². The van der Waals surface area contributed by atoms with Crippen molar-refractivity contribution >= 4 is 11.8 Å². The van der Waals surface area contributed by atoms with E-state index in [1.807, 2.05) is 12.1 Å². The molecule has 1 aliphatic carbocycles. The second-order valence-electron chi connectivity index (χ2n) is 5.41. The van der Waals surface area contributed by atoms with Crippen molar-refractivity contribution in [1.82, 2.24) is 5.32 Å². The van der Waals surface area contributed by atoms with Gasteiger partial charge in [0, 0.05) is 17.5 Å². The number of ether oxygens (including phenoxy) is 1. The van der Waals surface area contributed by atoms with Gasteiger partial charge in [0.2, 0.25) is 0 Å². The molecule has 0 bridgehead atoms. The minimum absolute atomic E-state index is 0.704. The molecule has 0 radical (unpaired) electrons. The van der Waals surface area contributed by atoms with Gasteiger partial charge in [0.25, 0.3) is 0 Å². The fraction of sp³-hybridized carbons (Fsp3) is 0.625. The first-order valence-corrected chi connectivity index (χ1v) is 8.51. The maximum atomic E-state index is 5.86. The van der Waals surface area contributed by atoms with E-state index in [0.29, 0.717) is 6.04 Å². The maximum absolute atomic E-state index is 5.86. The van der Waals surface area contributed by atoms with Crippen molar-refractivity contribution in [2.75, 3.05) is 19.4 Å². The van der Waals surface area contributed by atoms with Gasteiger partial charge in [-0.25, -0.2) is 0 Å². The normalized spacial score (nSPS) is 23.3. The average Bonchev–Trinajstić information content (AvgIpc) is 2.46. The van der Waals surface area contributed by atoms with Gasteiger partial charge in [0.05, 0.1) is 0 Å². The SMILES string of the molecule is CSc1ccccc1OCCNC1CCC(C)CC1. The molecular formula is C16H25NOS. The Hall–Kier alpha value is -0.670. The minimum atomic E-state index is 0.704.